The number of para-hydroxylation sites is 1. The molecule has 1 N–H and O–H groups in total. The molecule has 0 aliphatic heterocycles. The number of nitrogens with zero attached hydrogens (tertiary/aromatic N) is 2. The minimum atomic E-state index is -1.27. The zero-order valence-electron chi connectivity index (χ0n) is 22.1. The van der Waals surface area contributed by atoms with Crippen molar-refractivity contribution in [3.8, 4) is 11.3 Å². The van der Waals surface area contributed by atoms with Crippen molar-refractivity contribution in [2.45, 2.75) is 31.8 Å². The molecule has 0 aliphatic rings. The topological polar surface area (TPSA) is 36.4 Å². The predicted octanol–water partition coefficient (Wildman–Crippen LogP) is 7.38. The van der Waals surface area contributed by atoms with Crippen LogP contribution in [0, 0.1) is 12.7 Å². The fourth-order valence-electron chi connectivity index (χ4n) is 5.19. The molecule has 1 atom stereocenters. The van der Waals surface area contributed by atoms with Gasteiger partial charge in [0.15, 0.2) is 0 Å². The third kappa shape index (κ3) is 5.70. The Bertz CT molecular complexity index is 1510. The van der Waals surface area contributed by atoms with Gasteiger partial charge in [0.2, 0.25) is 0 Å². The van der Waals surface area contributed by atoms with Gasteiger partial charge in [0.05, 0.1) is 16.8 Å². The van der Waals surface area contributed by atoms with Gasteiger partial charge in [0, 0.05) is 29.3 Å². The standard InChI is InChI=1S/C33H33FN2OS/c1-23-17-26(20-27(34)18-23)33(37,14-15-36(2)3)21-30-28-11-7-8-12-31(28)35-32(25-13-16-38-22-25)29(30)19-24-9-5-4-6-10-24/h4-13,16-18,20,22,37H,14-15,19,21H2,1-3H3. The molecule has 5 rings (SSSR count). The second-order valence-corrected chi connectivity index (χ2v) is 11.2. The number of thiophene rings is 1. The third-order valence-corrected chi connectivity index (χ3v) is 7.83. The van der Waals surface area contributed by atoms with Crippen molar-refractivity contribution in [3.63, 3.8) is 0 Å². The van der Waals surface area contributed by atoms with Crippen LogP contribution in [0.5, 0.6) is 0 Å². The van der Waals surface area contributed by atoms with E-state index in [2.05, 4.69) is 52.1 Å². The molecule has 0 bridgehead atoms. The molecule has 5 aromatic rings. The molecule has 0 aliphatic carbocycles. The van der Waals surface area contributed by atoms with Gasteiger partial charge in [-0.1, -0.05) is 54.6 Å². The second kappa shape index (κ2) is 11.2. The van der Waals surface area contributed by atoms with Crippen LogP contribution in [0.3, 0.4) is 0 Å². The molecular weight excluding hydrogens is 491 g/mol. The van der Waals surface area contributed by atoms with Gasteiger partial charge in [-0.05, 0) is 91.3 Å². The van der Waals surface area contributed by atoms with Gasteiger partial charge < -0.3 is 10.0 Å². The monoisotopic (exact) mass is 524 g/mol. The first-order valence-corrected chi connectivity index (χ1v) is 13.9. The number of pyridine rings is 1. The molecule has 2 heterocycles. The van der Waals surface area contributed by atoms with Crippen LogP contribution in [0.15, 0.2) is 89.6 Å². The molecule has 3 nitrogen and oxygen atoms in total. The molecule has 0 fully saturated rings. The molecule has 0 amide bonds. The lowest BCUT2D eigenvalue weighted by Gasteiger charge is -2.32. The predicted molar refractivity (Wildman–Crippen MR) is 156 cm³/mol. The summed E-state index contributed by atoms with van der Waals surface area (Å²) < 4.78 is 14.6. The van der Waals surface area contributed by atoms with Gasteiger partial charge >= 0.3 is 0 Å². The summed E-state index contributed by atoms with van der Waals surface area (Å²) in [5.74, 6) is -0.327. The molecule has 0 spiro atoms. The van der Waals surface area contributed by atoms with Gasteiger partial charge in [-0.15, -0.1) is 0 Å². The van der Waals surface area contributed by atoms with Crippen LogP contribution in [-0.2, 0) is 18.4 Å². The Hall–Kier alpha value is -3.38. The fraction of sp³-hybridized carbons (Fsp3) is 0.242. The fourth-order valence-corrected chi connectivity index (χ4v) is 5.83. The second-order valence-electron chi connectivity index (χ2n) is 10.4. The van der Waals surface area contributed by atoms with Crippen molar-refractivity contribution in [2.75, 3.05) is 20.6 Å². The van der Waals surface area contributed by atoms with E-state index in [1.54, 1.807) is 11.3 Å². The first-order valence-electron chi connectivity index (χ1n) is 12.9. The highest BCUT2D eigenvalue weighted by Crippen LogP contribution is 2.39. The summed E-state index contributed by atoms with van der Waals surface area (Å²) in [6.45, 7) is 2.54. The smallest absolute Gasteiger partial charge is 0.123 e. The van der Waals surface area contributed by atoms with E-state index >= 15 is 0 Å². The van der Waals surface area contributed by atoms with E-state index in [-0.39, 0.29) is 5.82 Å². The van der Waals surface area contributed by atoms with E-state index in [1.807, 2.05) is 51.4 Å². The lowest BCUT2D eigenvalue weighted by Crippen LogP contribution is -2.33. The number of aromatic nitrogens is 1. The Kier molecular flexibility index (Phi) is 7.70. The van der Waals surface area contributed by atoms with Crippen LogP contribution >= 0.6 is 11.3 Å². The molecule has 0 saturated heterocycles. The summed E-state index contributed by atoms with van der Waals surface area (Å²) in [6, 6.07) is 25.6. The van der Waals surface area contributed by atoms with E-state index in [0.29, 0.717) is 31.4 Å². The minimum absolute atomic E-state index is 0.327. The van der Waals surface area contributed by atoms with Crippen molar-refractivity contribution in [3.05, 3.63) is 123 Å². The molecule has 2 aromatic heterocycles. The molecule has 5 heteroatoms. The van der Waals surface area contributed by atoms with Crippen molar-refractivity contribution in [1.29, 1.82) is 0 Å². The highest BCUT2D eigenvalue weighted by atomic mass is 32.1. The van der Waals surface area contributed by atoms with Gasteiger partial charge in [0.1, 0.15) is 5.82 Å². The highest BCUT2D eigenvalue weighted by molar-refractivity contribution is 7.08. The maximum atomic E-state index is 14.6. The Morgan fingerprint density at radius 2 is 1.71 bits per heavy atom. The number of aliphatic hydroxyl groups is 1. The molecule has 194 valence electrons. The lowest BCUT2D eigenvalue weighted by molar-refractivity contribution is 0.0210. The Morgan fingerprint density at radius 3 is 2.42 bits per heavy atom. The summed E-state index contributed by atoms with van der Waals surface area (Å²) in [4.78, 5) is 7.20. The SMILES string of the molecule is Cc1cc(F)cc(C(O)(CCN(C)C)Cc2c(Cc3ccccc3)c(-c3ccsc3)nc3ccccc23)c1. The van der Waals surface area contributed by atoms with Crippen LogP contribution < -0.4 is 0 Å². The summed E-state index contributed by atoms with van der Waals surface area (Å²) in [5, 5.41) is 17.6. The number of hydrogen-bond acceptors (Lipinski definition) is 4. The van der Waals surface area contributed by atoms with E-state index < -0.39 is 5.60 Å². The van der Waals surface area contributed by atoms with Crippen LogP contribution in [0.25, 0.3) is 22.2 Å². The molecule has 0 radical (unpaired) electrons. The molecular formula is C33H33FN2OS. The lowest BCUT2D eigenvalue weighted by atomic mass is 9.80. The van der Waals surface area contributed by atoms with E-state index in [4.69, 9.17) is 4.98 Å². The van der Waals surface area contributed by atoms with Gasteiger partial charge in [-0.2, -0.15) is 11.3 Å². The van der Waals surface area contributed by atoms with Gasteiger partial charge in [-0.3, -0.25) is 0 Å². The first-order chi connectivity index (χ1) is 18.3. The van der Waals surface area contributed by atoms with Crippen molar-refractivity contribution >= 4 is 22.2 Å². The Balaban J connectivity index is 1.75. The number of rotatable bonds is 9. The Morgan fingerprint density at radius 1 is 0.947 bits per heavy atom. The van der Waals surface area contributed by atoms with Crippen molar-refractivity contribution in [1.82, 2.24) is 9.88 Å². The van der Waals surface area contributed by atoms with Crippen LogP contribution in [-0.4, -0.2) is 35.6 Å². The summed E-state index contributed by atoms with van der Waals surface area (Å²) in [7, 11) is 3.99. The van der Waals surface area contributed by atoms with Crippen LogP contribution in [0.4, 0.5) is 4.39 Å². The van der Waals surface area contributed by atoms with Gasteiger partial charge in [0.25, 0.3) is 0 Å². The number of aryl methyl sites for hydroxylation is 1. The maximum Gasteiger partial charge on any atom is 0.123 e. The van der Waals surface area contributed by atoms with Gasteiger partial charge in [-0.25, -0.2) is 9.37 Å². The van der Waals surface area contributed by atoms with Crippen LogP contribution in [0.2, 0.25) is 0 Å². The summed E-state index contributed by atoms with van der Waals surface area (Å²) in [6.07, 6.45) is 1.51. The highest BCUT2D eigenvalue weighted by Gasteiger charge is 2.33. The molecule has 0 saturated carbocycles. The average molecular weight is 525 g/mol. The first kappa shape index (κ1) is 26.2. The minimum Gasteiger partial charge on any atom is -0.385 e. The number of benzene rings is 3. The molecule has 38 heavy (non-hydrogen) atoms. The maximum absolute atomic E-state index is 14.6. The zero-order chi connectivity index (χ0) is 26.7. The average Bonchev–Trinajstić information content (AvgIpc) is 3.44. The molecule has 3 aromatic carbocycles. The third-order valence-electron chi connectivity index (χ3n) is 7.15. The molecule has 1 unspecified atom stereocenters. The Labute approximate surface area is 228 Å². The normalized spacial score (nSPS) is 13.2. The van der Waals surface area contributed by atoms with Crippen molar-refractivity contribution < 1.29 is 9.50 Å². The van der Waals surface area contributed by atoms with Crippen molar-refractivity contribution in [2.24, 2.45) is 0 Å². The quantitative estimate of drug-likeness (QED) is 0.218. The van der Waals surface area contributed by atoms with E-state index in [1.165, 1.54) is 17.7 Å². The number of fused-ring (bicyclic) bond motifs is 1. The van der Waals surface area contributed by atoms with E-state index in [0.717, 1.165) is 38.9 Å². The summed E-state index contributed by atoms with van der Waals surface area (Å²) >= 11 is 1.65. The zero-order valence-corrected chi connectivity index (χ0v) is 22.9. The van der Waals surface area contributed by atoms with Crippen LogP contribution in [0.1, 0.15) is 34.2 Å². The van der Waals surface area contributed by atoms with E-state index in [9.17, 15) is 9.50 Å². The summed E-state index contributed by atoms with van der Waals surface area (Å²) in [5.41, 5.74) is 6.39. The number of hydrogen-bond donors (Lipinski definition) is 1. The largest absolute Gasteiger partial charge is 0.385 e. The number of halogens is 1.